The lowest BCUT2D eigenvalue weighted by atomic mass is 10.2. The summed E-state index contributed by atoms with van der Waals surface area (Å²) in [6.45, 7) is 0. The van der Waals surface area contributed by atoms with Crippen LogP contribution in [0, 0.1) is 0 Å². The highest BCUT2D eigenvalue weighted by Crippen LogP contribution is 2.28. The van der Waals surface area contributed by atoms with Gasteiger partial charge in [0.15, 0.2) is 5.82 Å². The molecule has 0 atom stereocenters. The number of benzene rings is 2. The monoisotopic (exact) mass is 306 g/mol. The lowest BCUT2D eigenvalue weighted by molar-refractivity contribution is 0.402. The first-order valence-corrected chi connectivity index (χ1v) is 7.14. The van der Waals surface area contributed by atoms with Gasteiger partial charge in [0.05, 0.1) is 25.3 Å². The molecule has 0 bridgehead atoms. The van der Waals surface area contributed by atoms with Crippen LogP contribution in [0.3, 0.4) is 0 Å². The number of ether oxygens (including phenoxy) is 2. The summed E-state index contributed by atoms with van der Waals surface area (Å²) in [6, 6.07) is 15.5. The van der Waals surface area contributed by atoms with E-state index in [1.54, 1.807) is 14.2 Å². The van der Waals surface area contributed by atoms with E-state index in [1.807, 2.05) is 52.9 Å². The molecule has 114 valence electrons. The van der Waals surface area contributed by atoms with E-state index in [4.69, 9.17) is 9.47 Å². The Morgan fingerprint density at radius 1 is 0.870 bits per heavy atom. The first kappa shape index (κ1) is 13.5. The van der Waals surface area contributed by atoms with E-state index in [0.29, 0.717) is 11.5 Å². The fraction of sp³-hybridized carbons (Fsp3) is 0.118. The maximum Gasteiger partial charge on any atom is 0.260 e. The molecule has 0 aliphatic rings. The molecule has 23 heavy (non-hydrogen) atoms. The molecule has 0 amide bonds. The van der Waals surface area contributed by atoms with Gasteiger partial charge in [-0.2, -0.15) is 0 Å². The Morgan fingerprint density at radius 2 is 1.65 bits per heavy atom. The Morgan fingerprint density at radius 3 is 2.39 bits per heavy atom. The maximum absolute atomic E-state index is 5.37. The van der Waals surface area contributed by atoms with Gasteiger partial charge in [0.2, 0.25) is 5.65 Å². The van der Waals surface area contributed by atoms with E-state index in [0.717, 1.165) is 28.2 Å². The van der Waals surface area contributed by atoms with E-state index in [1.165, 1.54) is 0 Å². The molecule has 0 aliphatic heterocycles. The lowest BCUT2D eigenvalue weighted by Crippen LogP contribution is -1.98. The van der Waals surface area contributed by atoms with Crippen LogP contribution in [0.25, 0.3) is 28.1 Å². The second-order valence-electron chi connectivity index (χ2n) is 5.02. The van der Waals surface area contributed by atoms with Gasteiger partial charge in [-0.15, -0.1) is 10.2 Å². The van der Waals surface area contributed by atoms with Gasteiger partial charge in [-0.05, 0) is 36.4 Å². The van der Waals surface area contributed by atoms with Crippen molar-refractivity contribution in [2.45, 2.75) is 0 Å². The number of para-hydroxylation sites is 2. The highest BCUT2D eigenvalue weighted by atomic mass is 16.5. The molecule has 4 rings (SSSR count). The van der Waals surface area contributed by atoms with Crippen LogP contribution in [0.15, 0.2) is 48.5 Å². The summed E-state index contributed by atoms with van der Waals surface area (Å²) in [4.78, 5) is 4.49. The van der Waals surface area contributed by atoms with Crippen molar-refractivity contribution in [1.29, 1.82) is 0 Å². The van der Waals surface area contributed by atoms with E-state index >= 15 is 0 Å². The molecule has 0 spiro atoms. The predicted octanol–water partition coefficient (Wildman–Crippen LogP) is 2.96. The molecule has 0 saturated heterocycles. The second-order valence-corrected chi connectivity index (χ2v) is 5.02. The SMILES string of the molecule is COc1ccc(-c2nnc3c(OC)nc4ccccc4n23)cc1. The van der Waals surface area contributed by atoms with Crippen molar-refractivity contribution in [2.75, 3.05) is 14.2 Å². The number of rotatable bonds is 3. The van der Waals surface area contributed by atoms with E-state index in [-0.39, 0.29) is 0 Å². The zero-order valence-corrected chi connectivity index (χ0v) is 12.7. The van der Waals surface area contributed by atoms with Crippen LogP contribution < -0.4 is 9.47 Å². The van der Waals surface area contributed by atoms with Crippen LogP contribution in [0.1, 0.15) is 0 Å². The highest BCUT2D eigenvalue weighted by molar-refractivity contribution is 5.82. The van der Waals surface area contributed by atoms with Gasteiger partial charge in [-0.1, -0.05) is 12.1 Å². The summed E-state index contributed by atoms with van der Waals surface area (Å²) in [7, 11) is 3.23. The number of aromatic nitrogens is 4. The van der Waals surface area contributed by atoms with Crippen molar-refractivity contribution in [2.24, 2.45) is 0 Å². The zero-order chi connectivity index (χ0) is 15.8. The van der Waals surface area contributed by atoms with Crippen molar-refractivity contribution in [3.63, 3.8) is 0 Å². The molecular weight excluding hydrogens is 292 g/mol. The molecule has 0 unspecified atom stereocenters. The predicted molar refractivity (Wildman–Crippen MR) is 86.8 cm³/mol. The number of hydrogen-bond donors (Lipinski definition) is 0. The van der Waals surface area contributed by atoms with Gasteiger partial charge in [-0.3, -0.25) is 4.40 Å². The summed E-state index contributed by atoms with van der Waals surface area (Å²) in [6.07, 6.45) is 0. The molecule has 0 fully saturated rings. The van der Waals surface area contributed by atoms with Crippen molar-refractivity contribution < 1.29 is 9.47 Å². The van der Waals surface area contributed by atoms with Gasteiger partial charge >= 0.3 is 0 Å². The van der Waals surface area contributed by atoms with E-state index in [9.17, 15) is 0 Å². The first-order chi connectivity index (χ1) is 11.3. The minimum atomic E-state index is 0.455. The first-order valence-electron chi connectivity index (χ1n) is 7.14. The Labute approximate surface area is 132 Å². The van der Waals surface area contributed by atoms with Gasteiger partial charge < -0.3 is 9.47 Å². The Balaban J connectivity index is 2.05. The zero-order valence-electron chi connectivity index (χ0n) is 12.7. The van der Waals surface area contributed by atoms with Gasteiger partial charge in [0.1, 0.15) is 5.75 Å². The third-order valence-electron chi connectivity index (χ3n) is 3.74. The molecule has 0 N–H and O–H groups in total. The standard InChI is InChI=1S/C17H14N4O2/c1-22-12-9-7-11(8-10-12)15-19-20-16-17(23-2)18-13-5-3-4-6-14(13)21(15)16/h3-10H,1-2H3. The molecule has 0 radical (unpaired) electrons. The van der Waals surface area contributed by atoms with Crippen LogP contribution in [0.5, 0.6) is 11.6 Å². The number of nitrogens with zero attached hydrogens (tertiary/aromatic N) is 4. The average Bonchev–Trinajstić information content (AvgIpc) is 3.06. The lowest BCUT2D eigenvalue weighted by Gasteiger charge is -2.08. The summed E-state index contributed by atoms with van der Waals surface area (Å²) >= 11 is 0. The van der Waals surface area contributed by atoms with Crippen LogP contribution >= 0.6 is 0 Å². The van der Waals surface area contributed by atoms with Crippen LogP contribution in [-0.4, -0.2) is 33.8 Å². The van der Waals surface area contributed by atoms with Crippen LogP contribution in [-0.2, 0) is 0 Å². The molecule has 2 aromatic carbocycles. The summed E-state index contributed by atoms with van der Waals surface area (Å²) in [5.41, 5.74) is 3.29. The van der Waals surface area contributed by atoms with E-state index < -0.39 is 0 Å². The normalized spacial score (nSPS) is 11.0. The highest BCUT2D eigenvalue weighted by Gasteiger charge is 2.16. The Kier molecular flexibility index (Phi) is 3.08. The summed E-state index contributed by atoms with van der Waals surface area (Å²) in [5.74, 6) is 1.99. The van der Waals surface area contributed by atoms with Crippen molar-refractivity contribution in [3.8, 4) is 23.0 Å². The molecule has 2 aromatic heterocycles. The maximum atomic E-state index is 5.37. The Bertz CT molecular complexity index is 993. The number of methoxy groups -OCH3 is 2. The summed E-state index contributed by atoms with van der Waals surface area (Å²) in [5, 5.41) is 8.58. The van der Waals surface area contributed by atoms with Crippen molar-refractivity contribution in [3.05, 3.63) is 48.5 Å². The molecule has 2 heterocycles. The molecular formula is C17H14N4O2. The van der Waals surface area contributed by atoms with Gasteiger partial charge in [0, 0.05) is 5.56 Å². The third kappa shape index (κ3) is 2.07. The fourth-order valence-corrected chi connectivity index (χ4v) is 2.62. The number of hydrogen-bond acceptors (Lipinski definition) is 5. The quantitative estimate of drug-likeness (QED) is 0.582. The van der Waals surface area contributed by atoms with Crippen molar-refractivity contribution >= 4 is 16.7 Å². The molecule has 6 nitrogen and oxygen atoms in total. The molecule has 4 aromatic rings. The minimum absolute atomic E-state index is 0.455. The smallest absolute Gasteiger partial charge is 0.260 e. The van der Waals surface area contributed by atoms with Crippen LogP contribution in [0.4, 0.5) is 0 Å². The van der Waals surface area contributed by atoms with Gasteiger partial charge in [0.25, 0.3) is 5.88 Å². The van der Waals surface area contributed by atoms with Crippen LogP contribution in [0.2, 0.25) is 0 Å². The Hall–Kier alpha value is -3.15. The second kappa shape index (κ2) is 5.24. The molecule has 0 aliphatic carbocycles. The van der Waals surface area contributed by atoms with E-state index in [2.05, 4.69) is 15.2 Å². The van der Waals surface area contributed by atoms with Crippen molar-refractivity contribution in [1.82, 2.24) is 19.6 Å². The molecule has 0 saturated carbocycles. The van der Waals surface area contributed by atoms with Gasteiger partial charge in [-0.25, -0.2) is 4.98 Å². The third-order valence-corrected chi connectivity index (χ3v) is 3.74. The average molecular weight is 306 g/mol. The largest absolute Gasteiger partial charge is 0.497 e. The number of fused-ring (bicyclic) bond motifs is 3. The summed E-state index contributed by atoms with van der Waals surface area (Å²) < 4.78 is 12.5. The minimum Gasteiger partial charge on any atom is -0.497 e. The fourth-order valence-electron chi connectivity index (χ4n) is 2.62. The molecule has 6 heteroatoms. The topological polar surface area (TPSA) is 61.5 Å².